The summed E-state index contributed by atoms with van der Waals surface area (Å²) in [7, 11) is 0. The van der Waals surface area contributed by atoms with Crippen LogP contribution in [0.4, 0.5) is 0 Å². The fourth-order valence-corrected chi connectivity index (χ4v) is 3.17. The molecule has 0 N–H and O–H groups in total. The summed E-state index contributed by atoms with van der Waals surface area (Å²) in [6.45, 7) is 0. The summed E-state index contributed by atoms with van der Waals surface area (Å²) in [6.07, 6.45) is 0. The van der Waals surface area contributed by atoms with E-state index in [9.17, 15) is 5.26 Å². The second-order valence-corrected chi connectivity index (χ2v) is 6.15. The Morgan fingerprint density at radius 1 is 0.769 bits per heavy atom. The van der Waals surface area contributed by atoms with Crippen LogP contribution in [0, 0.1) is 11.3 Å². The van der Waals surface area contributed by atoms with E-state index in [4.69, 9.17) is 16.6 Å². The topological polar surface area (TPSA) is 36.7 Å². The molecule has 0 radical (unpaired) electrons. The van der Waals surface area contributed by atoms with Crippen LogP contribution in [-0.4, -0.2) is 4.98 Å². The lowest BCUT2D eigenvalue weighted by Crippen LogP contribution is -1.96. The maximum absolute atomic E-state index is 9.92. The molecule has 0 saturated carbocycles. The maximum Gasteiger partial charge on any atom is 0.102 e. The lowest BCUT2D eigenvalue weighted by molar-refractivity contribution is 1.36. The number of pyridine rings is 1. The molecule has 0 atom stereocenters. The van der Waals surface area contributed by atoms with Crippen LogP contribution in [0.15, 0.2) is 78.9 Å². The van der Waals surface area contributed by atoms with Crippen molar-refractivity contribution in [1.29, 1.82) is 5.26 Å². The Balaban J connectivity index is 0.00000196. The lowest BCUT2D eigenvalue weighted by atomic mass is 9.93. The van der Waals surface area contributed by atoms with Gasteiger partial charge in [-0.2, -0.15) is 5.26 Å². The van der Waals surface area contributed by atoms with E-state index in [1.165, 1.54) is 0 Å². The van der Waals surface area contributed by atoms with Gasteiger partial charge in [-0.15, -0.1) is 12.4 Å². The van der Waals surface area contributed by atoms with Gasteiger partial charge in [0.2, 0.25) is 0 Å². The van der Waals surface area contributed by atoms with Gasteiger partial charge in [-0.3, -0.25) is 0 Å². The SMILES string of the molecule is Cl.N#Cc1c(-c2ccc(Cl)cc2)nc2ccccc2c1-c1ccccc1. The highest BCUT2D eigenvalue weighted by molar-refractivity contribution is 6.30. The average molecular weight is 377 g/mol. The molecule has 4 rings (SSSR count). The van der Waals surface area contributed by atoms with Crippen LogP contribution in [-0.2, 0) is 0 Å². The first-order chi connectivity index (χ1) is 12.3. The molecule has 0 saturated heterocycles. The quantitative estimate of drug-likeness (QED) is 0.399. The van der Waals surface area contributed by atoms with Gasteiger partial charge in [0.1, 0.15) is 6.07 Å². The van der Waals surface area contributed by atoms with Crippen molar-refractivity contribution in [3.05, 3.63) is 89.4 Å². The van der Waals surface area contributed by atoms with E-state index in [1.807, 2.05) is 78.9 Å². The van der Waals surface area contributed by atoms with Gasteiger partial charge in [0.15, 0.2) is 0 Å². The monoisotopic (exact) mass is 376 g/mol. The Morgan fingerprint density at radius 3 is 2.12 bits per heavy atom. The molecule has 3 aromatic carbocycles. The number of nitriles is 1. The third-order valence-corrected chi connectivity index (χ3v) is 4.44. The average Bonchev–Trinajstić information content (AvgIpc) is 2.67. The molecule has 0 spiro atoms. The Hall–Kier alpha value is -2.86. The van der Waals surface area contributed by atoms with Crippen molar-refractivity contribution in [2.24, 2.45) is 0 Å². The van der Waals surface area contributed by atoms with E-state index >= 15 is 0 Å². The number of hydrogen-bond acceptors (Lipinski definition) is 2. The van der Waals surface area contributed by atoms with Crippen LogP contribution < -0.4 is 0 Å². The zero-order valence-electron chi connectivity index (χ0n) is 13.7. The summed E-state index contributed by atoms with van der Waals surface area (Å²) in [5, 5.41) is 11.6. The first-order valence-corrected chi connectivity index (χ1v) is 8.30. The number of hydrogen-bond donors (Lipinski definition) is 0. The van der Waals surface area contributed by atoms with Crippen LogP contribution in [0.2, 0.25) is 5.02 Å². The maximum atomic E-state index is 9.92. The predicted octanol–water partition coefficient (Wildman–Crippen LogP) is 6.52. The van der Waals surface area contributed by atoms with Gasteiger partial charge in [-0.1, -0.05) is 72.3 Å². The van der Waals surface area contributed by atoms with Crippen molar-refractivity contribution in [2.45, 2.75) is 0 Å². The molecule has 26 heavy (non-hydrogen) atoms. The third kappa shape index (κ3) is 3.15. The summed E-state index contributed by atoms with van der Waals surface area (Å²) in [6, 6.07) is 27.7. The van der Waals surface area contributed by atoms with Crippen LogP contribution in [0.3, 0.4) is 0 Å². The molecule has 0 unspecified atom stereocenters. The summed E-state index contributed by atoms with van der Waals surface area (Å²) >= 11 is 6.01. The van der Waals surface area contributed by atoms with Crippen LogP contribution in [0.1, 0.15) is 5.56 Å². The molecule has 126 valence electrons. The van der Waals surface area contributed by atoms with Gasteiger partial charge in [0.05, 0.1) is 16.8 Å². The predicted molar refractivity (Wildman–Crippen MR) is 110 cm³/mol. The Labute approximate surface area is 163 Å². The summed E-state index contributed by atoms with van der Waals surface area (Å²) in [5.74, 6) is 0. The molecule has 4 aromatic rings. The minimum atomic E-state index is 0. The van der Waals surface area contributed by atoms with Gasteiger partial charge < -0.3 is 0 Å². The van der Waals surface area contributed by atoms with E-state index in [1.54, 1.807) is 0 Å². The number of fused-ring (bicyclic) bond motifs is 1. The molecule has 4 heteroatoms. The van der Waals surface area contributed by atoms with Crippen molar-refractivity contribution in [2.75, 3.05) is 0 Å². The number of aromatic nitrogens is 1. The minimum Gasteiger partial charge on any atom is -0.246 e. The van der Waals surface area contributed by atoms with Gasteiger partial charge in [0.25, 0.3) is 0 Å². The Morgan fingerprint density at radius 2 is 1.42 bits per heavy atom. The Kier molecular flexibility index (Phi) is 5.23. The molecule has 0 bridgehead atoms. The molecule has 2 nitrogen and oxygen atoms in total. The lowest BCUT2D eigenvalue weighted by Gasteiger charge is -2.13. The normalized spacial score (nSPS) is 10.2. The van der Waals surface area contributed by atoms with E-state index in [0.29, 0.717) is 16.3 Å². The summed E-state index contributed by atoms with van der Waals surface area (Å²) in [4.78, 5) is 4.77. The van der Waals surface area contributed by atoms with Crippen LogP contribution in [0.25, 0.3) is 33.3 Å². The first-order valence-electron chi connectivity index (χ1n) is 7.92. The highest BCUT2D eigenvalue weighted by atomic mass is 35.5. The van der Waals surface area contributed by atoms with E-state index < -0.39 is 0 Å². The number of para-hydroxylation sites is 1. The van der Waals surface area contributed by atoms with Gasteiger partial charge >= 0.3 is 0 Å². The highest BCUT2D eigenvalue weighted by Gasteiger charge is 2.17. The zero-order valence-corrected chi connectivity index (χ0v) is 15.3. The highest BCUT2D eigenvalue weighted by Crippen LogP contribution is 2.36. The van der Waals surface area contributed by atoms with E-state index in [-0.39, 0.29) is 12.4 Å². The molecule has 0 aliphatic heterocycles. The van der Waals surface area contributed by atoms with Crippen molar-refractivity contribution < 1.29 is 0 Å². The number of rotatable bonds is 2. The fourth-order valence-electron chi connectivity index (χ4n) is 3.04. The Bertz CT molecular complexity index is 1100. The molecular formula is C22H14Cl2N2. The molecule has 0 aliphatic carbocycles. The van der Waals surface area contributed by atoms with Crippen molar-refractivity contribution in [1.82, 2.24) is 4.98 Å². The molecule has 0 aliphatic rings. The zero-order chi connectivity index (χ0) is 17.2. The third-order valence-electron chi connectivity index (χ3n) is 4.18. The van der Waals surface area contributed by atoms with Gasteiger partial charge in [-0.05, 0) is 23.8 Å². The van der Waals surface area contributed by atoms with Crippen molar-refractivity contribution in [3.63, 3.8) is 0 Å². The van der Waals surface area contributed by atoms with Gasteiger partial charge in [0, 0.05) is 21.5 Å². The van der Waals surface area contributed by atoms with Gasteiger partial charge in [-0.25, -0.2) is 4.98 Å². The summed E-state index contributed by atoms with van der Waals surface area (Å²) in [5.41, 5.74) is 4.92. The smallest absolute Gasteiger partial charge is 0.102 e. The minimum absolute atomic E-state index is 0. The molecule has 1 aromatic heterocycles. The molecule has 1 heterocycles. The largest absolute Gasteiger partial charge is 0.246 e. The second-order valence-electron chi connectivity index (χ2n) is 5.71. The van der Waals surface area contributed by atoms with E-state index in [2.05, 4.69) is 6.07 Å². The molecular weight excluding hydrogens is 363 g/mol. The summed E-state index contributed by atoms with van der Waals surface area (Å²) < 4.78 is 0. The number of halogens is 2. The number of nitrogens with zero attached hydrogens (tertiary/aromatic N) is 2. The van der Waals surface area contributed by atoms with E-state index in [0.717, 1.165) is 27.6 Å². The second kappa shape index (κ2) is 7.58. The van der Waals surface area contributed by atoms with Crippen molar-refractivity contribution in [3.8, 4) is 28.5 Å². The van der Waals surface area contributed by atoms with Crippen molar-refractivity contribution >= 4 is 34.9 Å². The van der Waals surface area contributed by atoms with Crippen LogP contribution >= 0.6 is 24.0 Å². The van der Waals surface area contributed by atoms with Crippen LogP contribution in [0.5, 0.6) is 0 Å². The number of benzene rings is 3. The first kappa shape index (κ1) is 17.9. The molecule has 0 fully saturated rings. The molecule has 0 amide bonds. The fraction of sp³-hybridized carbons (Fsp3) is 0. The standard InChI is InChI=1S/C22H13ClN2.ClH/c23-17-12-10-16(11-13-17)22-19(14-24)21(15-6-2-1-3-7-15)18-8-4-5-9-20(18)25-22;/h1-13H;1H.